The van der Waals surface area contributed by atoms with Gasteiger partial charge in [0.15, 0.2) is 8.32 Å². The van der Waals surface area contributed by atoms with Crippen molar-refractivity contribution in [2.24, 2.45) is 0 Å². The Hall–Kier alpha value is -0.523. The highest BCUT2D eigenvalue weighted by molar-refractivity contribution is 6.74. The molecule has 121 valence electrons. The first kappa shape index (κ1) is 20.5. The van der Waals surface area contributed by atoms with E-state index >= 15 is 0 Å². The summed E-state index contributed by atoms with van der Waals surface area (Å²) in [5.74, 6) is 6.13. The quantitative estimate of drug-likeness (QED) is 0.298. The Morgan fingerprint density at radius 3 is 2.29 bits per heavy atom. The second-order valence-corrected chi connectivity index (χ2v) is 12.0. The van der Waals surface area contributed by atoms with E-state index in [1.165, 1.54) is 19.3 Å². The molecule has 0 aromatic rings. The zero-order valence-corrected chi connectivity index (χ0v) is 16.3. The Bertz CT molecular complexity index is 352. The summed E-state index contributed by atoms with van der Waals surface area (Å²) in [6.07, 6.45) is 12.2. The van der Waals surface area contributed by atoms with Gasteiger partial charge in [-0.3, -0.25) is 0 Å². The number of hydrogen-bond donors (Lipinski definition) is 0. The lowest BCUT2D eigenvalue weighted by atomic mass is 10.1. The van der Waals surface area contributed by atoms with Crippen molar-refractivity contribution in [2.75, 3.05) is 0 Å². The number of allylic oxidation sites excluding steroid dienone is 1. The Balaban J connectivity index is 4.71. The molecule has 1 radical (unpaired) electrons. The van der Waals surface area contributed by atoms with Gasteiger partial charge in [-0.15, -0.1) is 0 Å². The Labute approximate surface area is 134 Å². The summed E-state index contributed by atoms with van der Waals surface area (Å²) >= 11 is 0. The molecule has 0 aromatic carbocycles. The third-order valence-corrected chi connectivity index (χ3v) is 8.65. The van der Waals surface area contributed by atoms with Crippen molar-refractivity contribution in [3.63, 3.8) is 0 Å². The van der Waals surface area contributed by atoms with E-state index in [9.17, 15) is 0 Å². The van der Waals surface area contributed by atoms with Crippen LogP contribution in [0.15, 0.2) is 6.08 Å². The maximum absolute atomic E-state index is 6.51. The third-order valence-electron chi connectivity index (χ3n) is 4.15. The van der Waals surface area contributed by atoms with Gasteiger partial charge in [-0.25, -0.2) is 0 Å². The van der Waals surface area contributed by atoms with Crippen LogP contribution in [0, 0.1) is 17.9 Å². The molecule has 2 heteroatoms. The molecule has 0 fully saturated rings. The van der Waals surface area contributed by atoms with Gasteiger partial charge in [0, 0.05) is 12.5 Å². The van der Waals surface area contributed by atoms with Crippen LogP contribution in [-0.2, 0) is 4.43 Å². The minimum atomic E-state index is -1.72. The molecule has 0 rings (SSSR count). The zero-order valence-electron chi connectivity index (χ0n) is 15.3. The van der Waals surface area contributed by atoms with E-state index in [4.69, 9.17) is 4.43 Å². The summed E-state index contributed by atoms with van der Waals surface area (Å²) in [7, 11) is -1.72. The van der Waals surface area contributed by atoms with Gasteiger partial charge in [0.2, 0.25) is 0 Å². The lowest BCUT2D eigenvalue weighted by Crippen LogP contribution is -2.43. The predicted octanol–water partition coefficient (Wildman–Crippen LogP) is 6.12. The average molecular weight is 308 g/mol. The summed E-state index contributed by atoms with van der Waals surface area (Å²) in [5, 5.41) is 0.248. The van der Waals surface area contributed by atoms with Gasteiger partial charge in [0.25, 0.3) is 0 Å². The van der Waals surface area contributed by atoms with Gasteiger partial charge in [-0.05, 0) is 37.0 Å². The molecule has 21 heavy (non-hydrogen) atoms. The van der Waals surface area contributed by atoms with Crippen LogP contribution in [0.25, 0.3) is 0 Å². The molecule has 1 atom stereocenters. The highest BCUT2D eigenvalue weighted by Gasteiger charge is 2.38. The summed E-state index contributed by atoms with van der Waals surface area (Å²) in [6, 6.07) is 0. The lowest BCUT2D eigenvalue weighted by Gasteiger charge is -2.38. The van der Waals surface area contributed by atoms with Crippen molar-refractivity contribution in [3.05, 3.63) is 12.2 Å². The standard InChI is InChI=1S/C19H35OSi/c1-8-10-12-13-15-17-18(16-14-11-9-2)20-21(6,7)19(3,4)5/h17-18H,8-11,14,16H2,1-7H3. The van der Waals surface area contributed by atoms with E-state index in [0.29, 0.717) is 0 Å². The van der Waals surface area contributed by atoms with Gasteiger partial charge < -0.3 is 4.43 Å². The van der Waals surface area contributed by atoms with Crippen LogP contribution in [0.3, 0.4) is 0 Å². The van der Waals surface area contributed by atoms with Crippen LogP contribution in [-0.4, -0.2) is 14.4 Å². The van der Waals surface area contributed by atoms with Crippen LogP contribution >= 0.6 is 0 Å². The van der Waals surface area contributed by atoms with E-state index in [1.54, 1.807) is 0 Å². The van der Waals surface area contributed by atoms with Crippen LogP contribution < -0.4 is 0 Å². The normalized spacial score (nSPS) is 14.0. The minimum absolute atomic E-state index is 0.174. The predicted molar refractivity (Wildman–Crippen MR) is 96.7 cm³/mol. The van der Waals surface area contributed by atoms with E-state index in [1.807, 2.05) is 0 Å². The molecule has 0 aliphatic heterocycles. The Kier molecular flexibility index (Phi) is 9.99. The second kappa shape index (κ2) is 10.2. The largest absolute Gasteiger partial charge is 0.411 e. The molecule has 0 heterocycles. The summed E-state index contributed by atoms with van der Waals surface area (Å²) in [5.41, 5.74) is 0. The molecule has 1 nitrogen and oxygen atoms in total. The Morgan fingerprint density at radius 1 is 1.10 bits per heavy atom. The fourth-order valence-electron chi connectivity index (χ4n) is 1.70. The van der Waals surface area contributed by atoms with Crippen LogP contribution in [0.4, 0.5) is 0 Å². The lowest BCUT2D eigenvalue weighted by molar-refractivity contribution is 0.211. The van der Waals surface area contributed by atoms with Crippen molar-refractivity contribution < 1.29 is 4.43 Å². The van der Waals surface area contributed by atoms with Crippen molar-refractivity contribution in [2.45, 2.75) is 97.4 Å². The summed E-state index contributed by atoms with van der Waals surface area (Å²) < 4.78 is 6.51. The van der Waals surface area contributed by atoms with Gasteiger partial charge in [0.05, 0.1) is 6.10 Å². The van der Waals surface area contributed by atoms with Crippen molar-refractivity contribution in [1.82, 2.24) is 0 Å². The van der Waals surface area contributed by atoms with E-state index in [2.05, 4.69) is 71.7 Å². The molecular formula is C19H35OSi. The first-order chi connectivity index (χ1) is 9.74. The molecule has 0 saturated heterocycles. The average Bonchev–Trinajstić information content (AvgIpc) is 2.36. The van der Waals surface area contributed by atoms with Gasteiger partial charge in [0.1, 0.15) is 0 Å². The van der Waals surface area contributed by atoms with Crippen molar-refractivity contribution in [1.29, 1.82) is 0 Å². The van der Waals surface area contributed by atoms with E-state index in [0.717, 1.165) is 19.3 Å². The summed E-state index contributed by atoms with van der Waals surface area (Å²) in [4.78, 5) is 0. The smallest absolute Gasteiger partial charge is 0.192 e. The molecule has 0 aliphatic rings. The Morgan fingerprint density at radius 2 is 1.76 bits per heavy atom. The topological polar surface area (TPSA) is 9.23 Å². The fourth-order valence-corrected chi connectivity index (χ4v) is 3.00. The van der Waals surface area contributed by atoms with E-state index in [-0.39, 0.29) is 11.1 Å². The third kappa shape index (κ3) is 9.17. The van der Waals surface area contributed by atoms with Crippen LogP contribution in [0.5, 0.6) is 0 Å². The van der Waals surface area contributed by atoms with Crippen LogP contribution in [0.1, 0.15) is 73.1 Å². The van der Waals surface area contributed by atoms with E-state index < -0.39 is 8.32 Å². The van der Waals surface area contributed by atoms with Gasteiger partial charge in [-0.2, -0.15) is 0 Å². The SMILES string of the molecule is CCCC#C/[C]=C/C(CCCCC)O[Si](C)(C)C(C)(C)C. The molecule has 0 aliphatic carbocycles. The van der Waals surface area contributed by atoms with Crippen LogP contribution in [0.2, 0.25) is 18.1 Å². The first-order valence-corrected chi connectivity index (χ1v) is 11.4. The number of hydrogen-bond acceptors (Lipinski definition) is 1. The molecule has 0 N–H and O–H groups in total. The summed E-state index contributed by atoms with van der Waals surface area (Å²) in [6.45, 7) is 15.9. The highest BCUT2D eigenvalue weighted by atomic mass is 28.4. The molecule has 0 bridgehead atoms. The maximum Gasteiger partial charge on any atom is 0.192 e. The van der Waals surface area contributed by atoms with Gasteiger partial charge in [-0.1, -0.05) is 65.7 Å². The fraction of sp³-hybridized carbons (Fsp3) is 0.789. The molecule has 1 unspecified atom stereocenters. The number of rotatable bonds is 8. The molecule has 0 spiro atoms. The molecule has 0 amide bonds. The number of unbranched alkanes of at least 4 members (excludes halogenated alkanes) is 3. The minimum Gasteiger partial charge on any atom is -0.411 e. The monoisotopic (exact) mass is 307 g/mol. The van der Waals surface area contributed by atoms with Crippen molar-refractivity contribution in [3.8, 4) is 11.8 Å². The van der Waals surface area contributed by atoms with Gasteiger partial charge >= 0.3 is 0 Å². The highest BCUT2D eigenvalue weighted by Crippen LogP contribution is 2.37. The maximum atomic E-state index is 6.51. The zero-order chi connectivity index (χ0) is 16.4. The molecule has 0 saturated carbocycles. The second-order valence-electron chi connectivity index (χ2n) is 7.28. The molecular weight excluding hydrogens is 272 g/mol. The molecule has 0 aromatic heterocycles. The first-order valence-electron chi connectivity index (χ1n) is 8.49. The van der Waals surface area contributed by atoms with Crippen molar-refractivity contribution >= 4 is 8.32 Å².